The molecule has 88 valence electrons. The predicted octanol–water partition coefficient (Wildman–Crippen LogP) is 3.51. The lowest BCUT2D eigenvalue weighted by Gasteiger charge is -2.19. The molecule has 0 radical (unpaired) electrons. The van der Waals surface area contributed by atoms with E-state index in [1.807, 2.05) is 31.0 Å². The molecule has 0 saturated carbocycles. The Labute approximate surface area is 106 Å². The maximum absolute atomic E-state index is 5.94. The van der Waals surface area contributed by atoms with Crippen molar-refractivity contribution in [3.8, 4) is 0 Å². The average Bonchev–Trinajstić information content (AvgIpc) is 2.26. The lowest BCUT2D eigenvalue weighted by Crippen LogP contribution is -2.12. The second-order valence-corrected chi connectivity index (χ2v) is 4.38. The number of hydrogen-bond acceptors (Lipinski definition) is 3. The van der Waals surface area contributed by atoms with Gasteiger partial charge in [-0.2, -0.15) is 0 Å². The first-order chi connectivity index (χ1) is 8.06. The van der Waals surface area contributed by atoms with Gasteiger partial charge in [-0.05, 0) is 31.5 Å². The van der Waals surface area contributed by atoms with Crippen molar-refractivity contribution in [1.82, 2.24) is 9.97 Å². The smallest absolute Gasteiger partial charge is 0.137 e. The molecule has 1 aromatic heterocycles. The molecule has 0 aliphatic heterocycles. The molecule has 3 nitrogen and oxygen atoms in total. The molecule has 0 aliphatic rings. The van der Waals surface area contributed by atoms with Crippen molar-refractivity contribution in [2.75, 3.05) is 11.9 Å². The summed E-state index contributed by atoms with van der Waals surface area (Å²) < 4.78 is 0. The minimum Gasteiger partial charge on any atom is -0.329 e. The van der Waals surface area contributed by atoms with Crippen LogP contribution in [0.1, 0.15) is 11.4 Å². The second kappa shape index (κ2) is 4.72. The lowest BCUT2D eigenvalue weighted by atomic mass is 10.2. The molecule has 2 rings (SSSR count). The first kappa shape index (κ1) is 11.9. The first-order valence-electron chi connectivity index (χ1n) is 5.38. The fourth-order valence-electron chi connectivity index (χ4n) is 1.66. The number of rotatable bonds is 2. The van der Waals surface area contributed by atoms with Crippen molar-refractivity contribution in [2.24, 2.45) is 0 Å². The molecule has 0 amide bonds. The van der Waals surface area contributed by atoms with Crippen LogP contribution < -0.4 is 4.90 Å². The van der Waals surface area contributed by atoms with Crippen LogP contribution in [0.4, 0.5) is 11.5 Å². The summed E-state index contributed by atoms with van der Waals surface area (Å²) in [4.78, 5) is 10.4. The number of halogens is 1. The number of benzene rings is 1. The Morgan fingerprint density at radius 3 is 2.53 bits per heavy atom. The summed E-state index contributed by atoms with van der Waals surface area (Å²) in [6.07, 6.45) is 0. The van der Waals surface area contributed by atoms with Gasteiger partial charge in [0.1, 0.15) is 16.8 Å². The largest absolute Gasteiger partial charge is 0.329 e. The third-order valence-electron chi connectivity index (χ3n) is 2.53. The van der Waals surface area contributed by atoms with Gasteiger partial charge in [-0.3, -0.25) is 0 Å². The van der Waals surface area contributed by atoms with Crippen LogP contribution in [0.15, 0.2) is 30.3 Å². The molecule has 1 heterocycles. The van der Waals surface area contributed by atoms with Crippen LogP contribution in [0.25, 0.3) is 0 Å². The van der Waals surface area contributed by atoms with Gasteiger partial charge in [-0.1, -0.05) is 23.7 Å². The van der Waals surface area contributed by atoms with Gasteiger partial charge in [-0.25, -0.2) is 9.97 Å². The topological polar surface area (TPSA) is 29.0 Å². The Kier molecular flexibility index (Phi) is 3.29. The molecular weight excluding hydrogens is 234 g/mol. The normalized spacial score (nSPS) is 10.4. The molecule has 0 aliphatic carbocycles. The van der Waals surface area contributed by atoms with Crippen LogP contribution in [0.3, 0.4) is 0 Å². The number of aryl methyl sites for hydroxylation is 2. The molecule has 0 fully saturated rings. The Hall–Kier alpha value is -1.61. The Morgan fingerprint density at radius 1 is 1.12 bits per heavy atom. The molecule has 1 aromatic carbocycles. The van der Waals surface area contributed by atoms with Crippen molar-refractivity contribution < 1.29 is 0 Å². The fraction of sp³-hybridized carbons (Fsp3) is 0.231. The van der Waals surface area contributed by atoms with Crippen LogP contribution in [0.5, 0.6) is 0 Å². The second-order valence-electron chi connectivity index (χ2n) is 3.99. The minimum atomic E-state index is 0.465. The van der Waals surface area contributed by atoms with E-state index >= 15 is 0 Å². The van der Waals surface area contributed by atoms with E-state index in [1.165, 1.54) is 5.56 Å². The Morgan fingerprint density at radius 2 is 1.88 bits per heavy atom. The van der Waals surface area contributed by atoms with Gasteiger partial charge in [0.15, 0.2) is 0 Å². The molecule has 4 heteroatoms. The Bertz CT molecular complexity index is 520. The van der Waals surface area contributed by atoms with Gasteiger partial charge in [0.25, 0.3) is 0 Å². The maximum atomic E-state index is 5.94. The van der Waals surface area contributed by atoms with E-state index in [9.17, 15) is 0 Å². The summed E-state index contributed by atoms with van der Waals surface area (Å²) in [5.74, 6) is 1.47. The predicted molar refractivity (Wildman–Crippen MR) is 71.0 cm³/mol. The average molecular weight is 248 g/mol. The zero-order valence-corrected chi connectivity index (χ0v) is 10.9. The molecule has 17 heavy (non-hydrogen) atoms. The molecule has 0 unspecified atom stereocenters. The highest BCUT2D eigenvalue weighted by atomic mass is 35.5. The summed E-state index contributed by atoms with van der Waals surface area (Å²) >= 11 is 5.94. The molecular formula is C13H14ClN3. The van der Waals surface area contributed by atoms with E-state index in [4.69, 9.17) is 11.6 Å². The molecule has 0 saturated heterocycles. The first-order valence-corrected chi connectivity index (χ1v) is 5.75. The van der Waals surface area contributed by atoms with Crippen molar-refractivity contribution in [1.29, 1.82) is 0 Å². The summed E-state index contributed by atoms with van der Waals surface area (Å²) in [6, 6.07) is 9.99. The third-order valence-corrected chi connectivity index (χ3v) is 2.72. The lowest BCUT2D eigenvalue weighted by molar-refractivity contribution is 1.01. The van der Waals surface area contributed by atoms with Gasteiger partial charge in [0, 0.05) is 18.8 Å². The van der Waals surface area contributed by atoms with Crippen LogP contribution in [-0.2, 0) is 0 Å². The van der Waals surface area contributed by atoms with E-state index in [1.54, 1.807) is 6.07 Å². The highest BCUT2D eigenvalue weighted by Crippen LogP contribution is 2.24. The zero-order chi connectivity index (χ0) is 12.4. The van der Waals surface area contributed by atoms with Crippen molar-refractivity contribution in [3.05, 3.63) is 46.9 Å². The summed E-state index contributed by atoms with van der Waals surface area (Å²) in [7, 11) is 1.97. The van der Waals surface area contributed by atoms with E-state index in [2.05, 4.69) is 29.0 Å². The summed E-state index contributed by atoms with van der Waals surface area (Å²) in [6.45, 7) is 3.90. The van der Waals surface area contributed by atoms with Crippen molar-refractivity contribution in [2.45, 2.75) is 13.8 Å². The van der Waals surface area contributed by atoms with Crippen LogP contribution in [-0.4, -0.2) is 17.0 Å². The molecule has 2 aromatic rings. The van der Waals surface area contributed by atoms with Gasteiger partial charge >= 0.3 is 0 Å². The highest BCUT2D eigenvalue weighted by Gasteiger charge is 2.07. The SMILES string of the molecule is Cc1cccc(N(C)c2cc(Cl)nc(C)n2)c1. The summed E-state index contributed by atoms with van der Waals surface area (Å²) in [5.41, 5.74) is 2.30. The van der Waals surface area contributed by atoms with E-state index < -0.39 is 0 Å². The van der Waals surface area contributed by atoms with Crippen molar-refractivity contribution in [3.63, 3.8) is 0 Å². The van der Waals surface area contributed by atoms with Gasteiger partial charge in [0.05, 0.1) is 0 Å². The summed E-state index contributed by atoms with van der Waals surface area (Å²) in [5, 5.41) is 0.465. The van der Waals surface area contributed by atoms with E-state index in [0.29, 0.717) is 11.0 Å². The monoisotopic (exact) mass is 247 g/mol. The number of anilines is 2. The van der Waals surface area contributed by atoms with Gasteiger partial charge in [0.2, 0.25) is 0 Å². The number of nitrogens with zero attached hydrogens (tertiary/aromatic N) is 3. The highest BCUT2D eigenvalue weighted by molar-refractivity contribution is 6.29. The van der Waals surface area contributed by atoms with Crippen LogP contribution in [0, 0.1) is 13.8 Å². The quantitative estimate of drug-likeness (QED) is 0.761. The number of hydrogen-bond donors (Lipinski definition) is 0. The Balaban J connectivity index is 2.39. The van der Waals surface area contributed by atoms with Crippen LogP contribution >= 0.6 is 11.6 Å². The maximum Gasteiger partial charge on any atom is 0.137 e. The molecule has 0 atom stereocenters. The third kappa shape index (κ3) is 2.74. The van der Waals surface area contributed by atoms with E-state index in [-0.39, 0.29) is 0 Å². The molecule has 0 N–H and O–H groups in total. The van der Waals surface area contributed by atoms with Crippen LogP contribution in [0.2, 0.25) is 5.15 Å². The molecule has 0 spiro atoms. The van der Waals surface area contributed by atoms with E-state index in [0.717, 1.165) is 11.5 Å². The zero-order valence-electron chi connectivity index (χ0n) is 10.1. The number of aromatic nitrogens is 2. The minimum absolute atomic E-state index is 0.465. The standard InChI is InChI=1S/C13H14ClN3/c1-9-5-4-6-11(7-9)17(3)13-8-12(14)15-10(2)16-13/h4-8H,1-3H3. The molecule has 0 bridgehead atoms. The fourth-order valence-corrected chi connectivity index (χ4v) is 1.88. The van der Waals surface area contributed by atoms with Gasteiger partial charge in [-0.15, -0.1) is 0 Å². The van der Waals surface area contributed by atoms with Crippen molar-refractivity contribution >= 4 is 23.1 Å². The van der Waals surface area contributed by atoms with Gasteiger partial charge < -0.3 is 4.90 Å².